The van der Waals surface area contributed by atoms with Crippen LogP contribution in [0.3, 0.4) is 0 Å². The first-order valence-corrected chi connectivity index (χ1v) is 9.70. The van der Waals surface area contributed by atoms with E-state index in [-0.39, 0.29) is 23.9 Å². The van der Waals surface area contributed by atoms with Crippen molar-refractivity contribution in [3.05, 3.63) is 59.9 Å². The Morgan fingerprint density at radius 1 is 1.12 bits per heavy atom. The lowest BCUT2D eigenvalue weighted by molar-refractivity contribution is -0.115. The van der Waals surface area contributed by atoms with E-state index in [4.69, 9.17) is 0 Å². The van der Waals surface area contributed by atoms with Gasteiger partial charge in [-0.15, -0.1) is 0 Å². The van der Waals surface area contributed by atoms with Crippen molar-refractivity contribution in [2.24, 2.45) is 0 Å². The summed E-state index contributed by atoms with van der Waals surface area (Å²) < 4.78 is 38.7. The van der Waals surface area contributed by atoms with Gasteiger partial charge in [-0.05, 0) is 48.7 Å². The number of nitrogens with zero attached hydrogens (tertiary/aromatic N) is 1. The fourth-order valence-corrected chi connectivity index (χ4v) is 4.44. The Hall–Kier alpha value is -2.41. The van der Waals surface area contributed by atoms with E-state index in [1.807, 2.05) is 0 Å². The van der Waals surface area contributed by atoms with Crippen molar-refractivity contribution in [2.75, 3.05) is 21.9 Å². The average molecular weight is 362 g/mol. The molecule has 3 rings (SSSR count). The van der Waals surface area contributed by atoms with E-state index in [1.165, 1.54) is 16.4 Å². The van der Waals surface area contributed by atoms with E-state index < -0.39 is 10.0 Å². The first-order valence-electron chi connectivity index (χ1n) is 8.09. The van der Waals surface area contributed by atoms with Crippen LogP contribution in [0.5, 0.6) is 0 Å². The second-order valence-electron chi connectivity index (χ2n) is 6.00. The predicted molar refractivity (Wildman–Crippen MR) is 95.5 cm³/mol. The topological polar surface area (TPSA) is 66.5 Å². The van der Waals surface area contributed by atoms with Gasteiger partial charge in [0.05, 0.1) is 17.9 Å². The standard InChI is InChI=1S/C18H19FN2O3S/c19-15-8-6-14(7-9-15)12-18(22)20-16-4-3-5-17(13-16)21-10-1-2-11-25(21,23)24/h3-9,13H,1-2,10-12H2,(H,20,22). The number of hydrogen-bond acceptors (Lipinski definition) is 3. The van der Waals surface area contributed by atoms with Crippen molar-refractivity contribution in [2.45, 2.75) is 19.3 Å². The quantitative estimate of drug-likeness (QED) is 0.909. The van der Waals surface area contributed by atoms with Crippen LogP contribution in [0.1, 0.15) is 18.4 Å². The number of rotatable bonds is 4. The Morgan fingerprint density at radius 3 is 2.60 bits per heavy atom. The molecule has 1 saturated heterocycles. The molecular formula is C18H19FN2O3S. The highest BCUT2D eigenvalue weighted by atomic mass is 32.2. The Morgan fingerprint density at radius 2 is 1.88 bits per heavy atom. The first kappa shape index (κ1) is 17.4. The lowest BCUT2D eigenvalue weighted by Gasteiger charge is -2.28. The Labute approximate surface area is 146 Å². The number of anilines is 2. The molecule has 1 fully saturated rings. The molecule has 1 amide bonds. The van der Waals surface area contributed by atoms with E-state index in [0.29, 0.717) is 29.9 Å². The summed E-state index contributed by atoms with van der Waals surface area (Å²) >= 11 is 0. The van der Waals surface area contributed by atoms with Gasteiger partial charge in [0, 0.05) is 12.2 Å². The number of nitrogens with one attached hydrogen (secondary N) is 1. The summed E-state index contributed by atoms with van der Waals surface area (Å²) in [5.74, 6) is -0.446. The number of carbonyl (C=O) groups excluding carboxylic acids is 1. The maximum Gasteiger partial charge on any atom is 0.235 e. The van der Waals surface area contributed by atoms with Gasteiger partial charge in [-0.25, -0.2) is 12.8 Å². The molecule has 1 heterocycles. The fourth-order valence-electron chi connectivity index (χ4n) is 2.81. The number of halogens is 1. The van der Waals surface area contributed by atoms with Gasteiger partial charge in [0.15, 0.2) is 0 Å². The Bertz CT molecular complexity index is 866. The number of sulfonamides is 1. The third-order valence-corrected chi connectivity index (χ3v) is 5.91. The van der Waals surface area contributed by atoms with E-state index in [9.17, 15) is 17.6 Å². The summed E-state index contributed by atoms with van der Waals surface area (Å²) in [7, 11) is -3.29. The van der Waals surface area contributed by atoms with Crippen molar-refractivity contribution in [1.29, 1.82) is 0 Å². The molecule has 0 unspecified atom stereocenters. The first-order chi connectivity index (χ1) is 11.9. The van der Waals surface area contributed by atoms with Gasteiger partial charge in [0.1, 0.15) is 5.82 Å². The van der Waals surface area contributed by atoms with Crippen molar-refractivity contribution in [1.82, 2.24) is 0 Å². The zero-order valence-corrected chi connectivity index (χ0v) is 14.4. The lowest BCUT2D eigenvalue weighted by atomic mass is 10.1. The van der Waals surface area contributed by atoms with E-state index in [2.05, 4.69) is 5.32 Å². The zero-order valence-electron chi connectivity index (χ0n) is 13.6. The highest BCUT2D eigenvalue weighted by molar-refractivity contribution is 7.92. The summed E-state index contributed by atoms with van der Waals surface area (Å²) in [5.41, 5.74) is 1.79. The largest absolute Gasteiger partial charge is 0.326 e. The van der Waals surface area contributed by atoms with Crippen LogP contribution < -0.4 is 9.62 Å². The molecule has 0 atom stereocenters. The molecule has 5 nitrogen and oxygen atoms in total. The second-order valence-corrected chi connectivity index (χ2v) is 8.01. The van der Waals surface area contributed by atoms with E-state index in [1.54, 1.807) is 36.4 Å². The number of amides is 1. The van der Waals surface area contributed by atoms with E-state index in [0.717, 1.165) is 6.42 Å². The monoisotopic (exact) mass is 362 g/mol. The maximum absolute atomic E-state index is 12.9. The van der Waals surface area contributed by atoms with Gasteiger partial charge in [-0.2, -0.15) is 0 Å². The highest BCUT2D eigenvalue weighted by Crippen LogP contribution is 2.26. The molecule has 1 aliphatic rings. The maximum atomic E-state index is 12.9. The molecule has 0 spiro atoms. The number of benzene rings is 2. The summed E-state index contributed by atoms with van der Waals surface area (Å²) in [6.45, 7) is 0.454. The van der Waals surface area contributed by atoms with Crippen LogP contribution in [-0.4, -0.2) is 26.6 Å². The molecule has 0 bridgehead atoms. The van der Waals surface area contributed by atoms with Gasteiger partial charge < -0.3 is 5.32 Å². The van der Waals surface area contributed by atoms with Crippen LogP contribution in [0.2, 0.25) is 0 Å². The van der Waals surface area contributed by atoms with Crippen molar-refractivity contribution >= 4 is 27.3 Å². The smallest absolute Gasteiger partial charge is 0.235 e. The minimum Gasteiger partial charge on any atom is -0.326 e. The minimum atomic E-state index is -3.29. The molecule has 0 saturated carbocycles. The predicted octanol–water partition coefficient (Wildman–Crippen LogP) is 2.94. The average Bonchev–Trinajstić information content (AvgIpc) is 2.57. The molecule has 2 aromatic carbocycles. The minimum absolute atomic E-state index is 0.118. The molecule has 0 aliphatic carbocycles. The molecular weight excluding hydrogens is 343 g/mol. The van der Waals surface area contributed by atoms with Crippen LogP contribution in [0.15, 0.2) is 48.5 Å². The number of carbonyl (C=O) groups is 1. The van der Waals surface area contributed by atoms with Gasteiger partial charge in [-0.3, -0.25) is 9.10 Å². The van der Waals surface area contributed by atoms with Crippen LogP contribution in [-0.2, 0) is 21.2 Å². The Balaban J connectivity index is 1.71. The highest BCUT2D eigenvalue weighted by Gasteiger charge is 2.26. The normalized spacial score (nSPS) is 16.4. The van der Waals surface area contributed by atoms with Crippen molar-refractivity contribution in [3.63, 3.8) is 0 Å². The van der Waals surface area contributed by atoms with Crippen molar-refractivity contribution in [3.8, 4) is 0 Å². The Kier molecular flexibility index (Phi) is 5.03. The van der Waals surface area contributed by atoms with Crippen LogP contribution in [0.4, 0.5) is 15.8 Å². The van der Waals surface area contributed by atoms with Gasteiger partial charge in [0.25, 0.3) is 0 Å². The van der Waals surface area contributed by atoms with E-state index >= 15 is 0 Å². The van der Waals surface area contributed by atoms with Gasteiger partial charge >= 0.3 is 0 Å². The van der Waals surface area contributed by atoms with Crippen LogP contribution in [0.25, 0.3) is 0 Å². The third kappa shape index (κ3) is 4.36. The van der Waals surface area contributed by atoms with Crippen molar-refractivity contribution < 1.29 is 17.6 Å². The summed E-state index contributed by atoms with van der Waals surface area (Å²) in [6, 6.07) is 12.5. The third-order valence-electron chi connectivity index (χ3n) is 4.05. The molecule has 1 N–H and O–H groups in total. The molecule has 0 aromatic heterocycles. The molecule has 1 aliphatic heterocycles. The lowest BCUT2D eigenvalue weighted by Crippen LogP contribution is -2.37. The number of hydrogen-bond donors (Lipinski definition) is 1. The SMILES string of the molecule is O=C(Cc1ccc(F)cc1)Nc1cccc(N2CCCCS2(=O)=O)c1. The molecule has 2 aromatic rings. The molecule has 132 valence electrons. The fraction of sp³-hybridized carbons (Fsp3) is 0.278. The van der Waals surface area contributed by atoms with Gasteiger partial charge in [-0.1, -0.05) is 18.2 Å². The second kappa shape index (κ2) is 7.23. The molecule has 0 radical (unpaired) electrons. The molecule has 25 heavy (non-hydrogen) atoms. The summed E-state index contributed by atoms with van der Waals surface area (Å²) in [6.07, 6.45) is 1.61. The summed E-state index contributed by atoms with van der Waals surface area (Å²) in [4.78, 5) is 12.1. The molecule has 7 heteroatoms. The zero-order chi connectivity index (χ0) is 17.9. The van der Waals surface area contributed by atoms with Crippen LogP contribution in [0, 0.1) is 5.82 Å². The van der Waals surface area contributed by atoms with Crippen LogP contribution >= 0.6 is 0 Å². The summed E-state index contributed by atoms with van der Waals surface area (Å²) in [5, 5.41) is 2.76. The van der Waals surface area contributed by atoms with Gasteiger partial charge in [0.2, 0.25) is 15.9 Å².